The molecule has 0 saturated heterocycles. The molecule has 1 aromatic carbocycles. The topological polar surface area (TPSA) is 102 Å². The van der Waals surface area contributed by atoms with E-state index < -0.39 is 11.0 Å². The zero-order chi connectivity index (χ0) is 15.4. The number of carbonyl (C=O) groups excluding carboxylic acids is 1. The highest BCUT2D eigenvalue weighted by atomic mass is 16.6. The van der Waals surface area contributed by atoms with Crippen molar-refractivity contribution in [3.05, 3.63) is 33.9 Å². The molecule has 0 radical (unpaired) electrons. The van der Waals surface area contributed by atoms with Gasteiger partial charge in [0.05, 0.1) is 24.2 Å². The number of aliphatic hydroxyl groups excluding tert-OH is 1. The van der Waals surface area contributed by atoms with Gasteiger partial charge in [0.2, 0.25) is 0 Å². The molecule has 114 valence electrons. The lowest BCUT2D eigenvalue weighted by Crippen LogP contribution is -2.45. The van der Waals surface area contributed by atoms with Crippen molar-refractivity contribution >= 4 is 11.6 Å². The highest BCUT2D eigenvalue weighted by molar-refractivity contribution is 5.95. The molecule has 2 atom stereocenters. The van der Waals surface area contributed by atoms with Gasteiger partial charge in [0.1, 0.15) is 0 Å². The number of ether oxygens (including phenoxy) is 1. The zero-order valence-corrected chi connectivity index (χ0v) is 11.7. The summed E-state index contributed by atoms with van der Waals surface area (Å²) in [7, 11) is 1.31. The fourth-order valence-electron chi connectivity index (χ4n) is 2.50. The van der Waals surface area contributed by atoms with E-state index in [2.05, 4.69) is 5.32 Å². The Morgan fingerprint density at radius 3 is 2.76 bits per heavy atom. The number of hydrogen-bond donors (Lipinski definition) is 2. The van der Waals surface area contributed by atoms with Gasteiger partial charge in [-0.15, -0.1) is 0 Å². The second kappa shape index (κ2) is 6.53. The second-order valence-electron chi connectivity index (χ2n) is 5.08. The number of amides is 1. The predicted molar refractivity (Wildman–Crippen MR) is 75.4 cm³/mol. The molecule has 21 heavy (non-hydrogen) atoms. The van der Waals surface area contributed by atoms with Crippen molar-refractivity contribution in [3.63, 3.8) is 0 Å². The first-order valence-electron chi connectivity index (χ1n) is 6.84. The minimum absolute atomic E-state index is 0.0387. The average Bonchev–Trinajstić information content (AvgIpc) is 2.48. The average molecular weight is 294 g/mol. The van der Waals surface area contributed by atoms with Crippen molar-refractivity contribution in [1.29, 1.82) is 0 Å². The quantitative estimate of drug-likeness (QED) is 0.649. The van der Waals surface area contributed by atoms with Gasteiger partial charge in [-0.1, -0.05) is 12.8 Å². The largest absolute Gasteiger partial charge is 0.490 e. The Bertz CT molecular complexity index is 546. The number of nitro benzene ring substituents is 1. The van der Waals surface area contributed by atoms with Crippen molar-refractivity contribution in [2.75, 3.05) is 7.11 Å². The summed E-state index contributed by atoms with van der Waals surface area (Å²) in [6.45, 7) is 0. The number of hydrogen-bond acceptors (Lipinski definition) is 5. The third kappa shape index (κ3) is 3.49. The lowest BCUT2D eigenvalue weighted by atomic mass is 9.92. The van der Waals surface area contributed by atoms with Crippen molar-refractivity contribution < 1.29 is 19.6 Å². The number of nitrogens with zero attached hydrogens (tertiary/aromatic N) is 1. The zero-order valence-electron chi connectivity index (χ0n) is 11.7. The lowest BCUT2D eigenvalue weighted by Gasteiger charge is -2.28. The molecule has 0 bridgehead atoms. The normalized spacial score (nSPS) is 21.6. The molecule has 7 nitrogen and oxygen atoms in total. The van der Waals surface area contributed by atoms with E-state index in [1.54, 1.807) is 0 Å². The van der Waals surface area contributed by atoms with Gasteiger partial charge in [0, 0.05) is 17.7 Å². The van der Waals surface area contributed by atoms with Gasteiger partial charge in [-0.2, -0.15) is 0 Å². The van der Waals surface area contributed by atoms with Gasteiger partial charge in [0.15, 0.2) is 5.75 Å². The van der Waals surface area contributed by atoms with Gasteiger partial charge < -0.3 is 15.2 Å². The van der Waals surface area contributed by atoms with Crippen LogP contribution in [0.15, 0.2) is 18.2 Å². The van der Waals surface area contributed by atoms with Gasteiger partial charge >= 0.3 is 5.69 Å². The molecular formula is C14H18N2O5. The summed E-state index contributed by atoms with van der Waals surface area (Å²) in [6, 6.07) is 3.69. The molecule has 1 amide bonds. The second-order valence-corrected chi connectivity index (χ2v) is 5.08. The van der Waals surface area contributed by atoms with Crippen LogP contribution in [0.2, 0.25) is 0 Å². The highest BCUT2D eigenvalue weighted by Gasteiger charge is 2.25. The number of nitro groups is 1. The van der Waals surface area contributed by atoms with Gasteiger partial charge in [-0.05, 0) is 18.9 Å². The van der Waals surface area contributed by atoms with Gasteiger partial charge in [-0.25, -0.2) is 0 Å². The van der Waals surface area contributed by atoms with E-state index in [-0.39, 0.29) is 28.9 Å². The highest BCUT2D eigenvalue weighted by Crippen LogP contribution is 2.27. The summed E-state index contributed by atoms with van der Waals surface area (Å²) in [5.41, 5.74) is 0.0852. The predicted octanol–water partition coefficient (Wildman–Crippen LogP) is 1.64. The fourth-order valence-corrected chi connectivity index (χ4v) is 2.50. The Labute approximate surface area is 122 Å². The number of benzene rings is 1. The maximum Gasteiger partial charge on any atom is 0.310 e. The van der Waals surface area contributed by atoms with E-state index in [1.807, 2.05) is 0 Å². The first-order chi connectivity index (χ1) is 10.0. The molecule has 0 aromatic heterocycles. The Kier molecular flexibility index (Phi) is 4.74. The smallest absolute Gasteiger partial charge is 0.310 e. The van der Waals surface area contributed by atoms with Crippen LogP contribution in [-0.4, -0.2) is 35.2 Å². The first kappa shape index (κ1) is 15.2. The van der Waals surface area contributed by atoms with Crippen molar-refractivity contribution in [2.24, 2.45) is 0 Å². The van der Waals surface area contributed by atoms with Crippen molar-refractivity contribution in [3.8, 4) is 5.75 Å². The van der Waals surface area contributed by atoms with Crippen molar-refractivity contribution in [2.45, 2.75) is 37.8 Å². The lowest BCUT2D eigenvalue weighted by molar-refractivity contribution is -0.385. The molecule has 1 saturated carbocycles. The first-order valence-corrected chi connectivity index (χ1v) is 6.84. The van der Waals surface area contributed by atoms with Crippen LogP contribution in [-0.2, 0) is 0 Å². The van der Waals surface area contributed by atoms with E-state index in [4.69, 9.17) is 4.74 Å². The standard InChI is InChI=1S/C14H18N2O5/c1-21-13-8-9(6-7-11(13)16(19)20)14(18)15-10-4-2-3-5-12(10)17/h6-8,10,12,17H,2-5H2,1H3,(H,15,18). The van der Waals surface area contributed by atoms with E-state index in [0.717, 1.165) is 19.3 Å². The molecule has 1 aliphatic carbocycles. The molecule has 0 heterocycles. The van der Waals surface area contributed by atoms with Crippen LogP contribution in [0.25, 0.3) is 0 Å². The van der Waals surface area contributed by atoms with E-state index in [0.29, 0.717) is 6.42 Å². The summed E-state index contributed by atoms with van der Waals surface area (Å²) in [5.74, 6) is -0.328. The molecule has 0 spiro atoms. The summed E-state index contributed by atoms with van der Waals surface area (Å²) in [6.07, 6.45) is 2.79. The fraction of sp³-hybridized carbons (Fsp3) is 0.500. The van der Waals surface area contributed by atoms with Crippen LogP contribution in [0.4, 0.5) is 5.69 Å². The van der Waals surface area contributed by atoms with Crippen LogP contribution in [0, 0.1) is 10.1 Å². The molecule has 7 heteroatoms. The molecule has 1 aliphatic rings. The number of aliphatic hydroxyl groups is 1. The van der Waals surface area contributed by atoms with Crippen LogP contribution in [0.1, 0.15) is 36.0 Å². The monoisotopic (exact) mass is 294 g/mol. The van der Waals surface area contributed by atoms with Crippen LogP contribution >= 0.6 is 0 Å². The molecule has 0 aliphatic heterocycles. The third-order valence-corrected chi connectivity index (χ3v) is 3.68. The van der Waals surface area contributed by atoms with Crippen LogP contribution in [0.5, 0.6) is 5.75 Å². The van der Waals surface area contributed by atoms with Crippen molar-refractivity contribution in [1.82, 2.24) is 5.32 Å². The molecular weight excluding hydrogens is 276 g/mol. The molecule has 2 unspecified atom stereocenters. The summed E-state index contributed by atoms with van der Waals surface area (Å²) < 4.78 is 4.94. The molecule has 2 rings (SSSR count). The maximum atomic E-state index is 12.2. The SMILES string of the molecule is COc1cc(C(=O)NC2CCCCC2O)ccc1[N+](=O)[O-]. The molecule has 1 fully saturated rings. The summed E-state index contributed by atoms with van der Waals surface area (Å²) in [4.78, 5) is 22.4. The Balaban J connectivity index is 2.13. The van der Waals surface area contributed by atoms with Crippen LogP contribution < -0.4 is 10.1 Å². The van der Waals surface area contributed by atoms with Gasteiger partial charge in [-0.3, -0.25) is 14.9 Å². The van der Waals surface area contributed by atoms with Crippen LogP contribution in [0.3, 0.4) is 0 Å². The Morgan fingerprint density at radius 1 is 1.43 bits per heavy atom. The summed E-state index contributed by atoms with van der Waals surface area (Å²) >= 11 is 0. The third-order valence-electron chi connectivity index (χ3n) is 3.68. The molecule has 2 N–H and O–H groups in total. The van der Waals surface area contributed by atoms with E-state index in [1.165, 1.54) is 25.3 Å². The van der Waals surface area contributed by atoms with E-state index >= 15 is 0 Å². The number of rotatable bonds is 4. The minimum Gasteiger partial charge on any atom is -0.490 e. The van der Waals surface area contributed by atoms with Gasteiger partial charge in [0.25, 0.3) is 5.91 Å². The maximum absolute atomic E-state index is 12.2. The molecule has 1 aromatic rings. The number of nitrogens with one attached hydrogen (secondary N) is 1. The summed E-state index contributed by atoms with van der Waals surface area (Å²) in [5, 5.41) is 23.4. The minimum atomic E-state index is -0.564. The number of methoxy groups -OCH3 is 1. The Hall–Kier alpha value is -2.15. The van der Waals surface area contributed by atoms with E-state index in [9.17, 15) is 20.0 Å². The Morgan fingerprint density at radius 2 is 2.14 bits per heavy atom. The number of carbonyl (C=O) groups is 1.